The Morgan fingerprint density at radius 1 is 1.65 bits per heavy atom. The van der Waals surface area contributed by atoms with E-state index in [9.17, 15) is 4.79 Å². The van der Waals surface area contributed by atoms with Crippen LogP contribution < -0.4 is 0 Å². The van der Waals surface area contributed by atoms with Gasteiger partial charge in [0.15, 0.2) is 0 Å². The minimum Gasteiger partial charge on any atom is -0.364 e. The van der Waals surface area contributed by atoms with Crippen LogP contribution in [0.5, 0.6) is 0 Å². The van der Waals surface area contributed by atoms with E-state index in [0.29, 0.717) is 5.92 Å². The number of halogens is 1. The molecule has 1 unspecified atom stereocenters. The van der Waals surface area contributed by atoms with Gasteiger partial charge < -0.3 is 4.74 Å². The Morgan fingerprint density at radius 3 is 2.88 bits per heavy atom. The fraction of sp³-hybridized carbons (Fsp3) is 0.615. The molecule has 0 fully saturated rings. The summed E-state index contributed by atoms with van der Waals surface area (Å²) in [6, 6.07) is 0. The Hall–Kier alpha value is -0.800. The molecule has 0 N–H and O–H groups in total. The molecule has 1 rings (SSSR count). The number of nitrogens with zero attached hydrogens (tertiary/aromatic N) is 1. The highest BCUT2D eigenvalue weighted by Crippen LogP contribution is 2.30. The van der Waals surface area contributed by atoms with Crippen molar-refractivity contribution in [1.82, 2.24) is 4.90 Å². The Balaban J connectivity index is 3.04. The summed E-state index contributed by atoms with van der Waals surface area (Å²) in [7, 11) is 1.59. The van der Waals surface area contributed by atoms with Crippen molar-refractivity contribution in [2.75, 3.05) is 19.7 Å². The number of allylic oxidation sites excluding steroid dienone is 4. The Labute approximate surface area is 108 Å². The van der Waals surface area contributed by atoms with Crippen molar-refractivity contribution in [3.05, 3.63) is 23.4 Å². The van der Waals surface area contributed by atoms with Crippen molar-refractivity contribution in [2.24, 2.45) is 5.92 Å². The molecule has 0 bridgehead atoms. The molecule has 0 saturated heterocycles. The summed E-state index contributed by atoms with van der Waals surface area (Å²) in [6.45, 7) is 4.42. The third kappa shape index (κ3) is 3.33. The van der Waals surface area contributed by atoms with Crippen LogP contribution >= 0.6 is 11.6 Å². The Morgan fingerprint density at radius 2 is 2.35 bits per heavy atom. The van der Waals surface area contributed by atoms with Crippen LogP contribution in [0.25, 0.3) is 0 Å². The molecule has 0 aromatic rings. The van der Waals surface area contributed by atoms with E-state index in [1.165, 1.54) is 0 Å². The third-order valence-corrected chi connectivity index (χ3v) is 3.26. The first-order chi connectivity index (χ1) is 8.15. The van der Waals surface area contributed by atoms with Crippen molar-refractivity contribution in [1.29, 1.82) is 0 Å². The van der Waals surface area contributed by atoms with Crippen molar-refractivity contribution in [2.45, 2.75) is 26.7 Å². The van der Waals surface area contributed by atoms with Gasteiger partial charge in [0.05, 0.1) is 0 Å². The standard InChI is InChI=1S/C13H20ClNO2/c1-4-11-7-5-6-10(2)13(11)15(9-17-3)12(16)8-14/h5-6,11H,4,7-9H2,1-3H3. The average Bonchev–Trinajstić information content (AvgIpc) is 2.35. The van der Waals surface area contributed by atoms with Gasteiger partial charge in [-0.05, 0) is 25.3 Å². The van der Waals surface area contributed by atoms with E-state index in [1.54, 1.807) is 12.0 Å². The van der Waals surface area contributed by atoms with Gasteiger partial charge in [0, 0.05) is 18.7 Å². The van der Waals surface area contributed by atoms with Crippen LogP contribution in [0.3, 0.4) is 0 Å². The summed E-state index contributed by atoms with van der Waals surface area (Å²) in [5.41, 5.74) is 2.18. The molecule has 1 aliphatic rings. The van der Waals surface area contributed by atoms with Crippen molar-refractivity contribution in [3.63, 3.8) is 0 Å². The highest BCUT2D eigenvalue weighted by atomic mass is 35.5. The molecule has 17 heavy (non-hydrogen) atoms. The number of hydrogen-bond acceptors (Lipinski definition) is 2. The largest absolute Gasteiger partial charge is 0.364 e. The van der Waals surface area contributed by atoms with Crippen molar-refractivity contribution < 1.29 is 9.53 Å². The summed E-state index contributed by atoms with van der Waals surface area (Å²) >= 11 is 5.65. The van der Waals surface area contributed by atoms with Crippen LogP contribution in [0.15, 0.2) is 23.4 Å². The zero-order valence-corrected chi connectivity index (χ0v) is 11.5. The van der Waals surface area contributed by atoms with Crippen LogP contribution in [0.4, 0.5) is 0 Å². The van der Waals surface area contributed by atoms with E-state index >= 15 is 0 Å². The maximum Gasteiger partial charge on any atom is 0.243 e. The predicted octanol–water partition coefficient (Wildman–Crippen LogP) is 2.92. The lowest BCUT2D eigenvalue weighted by Gasteiger charge is -2.32. The molecule has 1 atom stereocenters. The molecule has 0 saturated carbocycles. The number of amides is 1. The molecule has 0 aromatic heterocycles. The highest BCUT2D eigenvalue weighted by Gasteiger charge is 2.26. The van der Waals surface area contributed by atoms with Gasteiger partial charge in [0.25, 0.3) is 0 Å². The monoisotopic (exact) mass is 257 g/mol. The van der Waals surface area contributed by atoms with E-state index in [2.05, 4.69) is 19.1 Å². The highest BCUT2D eigenvalue weighted by molar-refractivity contribution is 6.27. The van der Waals surface area contributed by atoms with E-state index in [1.807, 2.05) is 6.92 Å². The average molecular weight is 258 g/mol. The summed E-state index contributed by atoms with van der Waals surface area (Å²) in [5, 5.41) is 0. The molecule has 4 heteroatoms. The second-order valence-electron chi connectivity index (χ2n) is 4.18. The van der Waals surface area contributed by atoms with Gasteiger partial charge in [-0.3, -0.25) is 9.69 Å². The molecule has 1 aliphatic carbocycles. The molecular formula is C13H20ClNO2. The molecule has 3 nitrogen and oxygen atoms in total. The van der Waals surface area contributed by atoms with Crippen LogP contribution in [-0.2, 0) is 9.53 Å². The number of alkyl halides is 1. The first-order valence-electron chi connectivity index (χ1n) is 5.88. The van der Waals surface area contributed by atoms with Crippen LogP contribution in [0.2, 0.25) is 0 Å². The number of rotatable bonds is 5. The Kier molecular flexibility index (Phi) is 5.72. The lowest BCUT2D eigenvalue weighted by atomic mass is 9.89. The second kappa shape index (κ2) is 6.82. The normalized spacial score (nSPS) is 19.6. The van der Waals surface area contributed by atoms with Gasteiger partial charge in [-0.15, -0.1) is 11.6 Å². The topological polar surface area (TPSA) is 29.5 Å². The van der Waals surface area contributed by atoms with E-state index in [-0.39, 0.29) is 18.5 Å². The summed E-state index contributed by atoms with van der Waals surface area (Å²) < 4.78 is 5.11. The van der Waals surface area contributed by atoms with Gasteiger partial charge in [0.2, 0.25) is 5.91 Å². The van der Waals surface area contributed by atoms with Crippen LogP contribution in [0, 0.1) is 5.92 Å². The second-order valence-corrected chi connectivity index (χ2v) is 4.45. The summed E-state index contributed by atoms with van der Waals surface area (Å²) in [5.74, 6) is 0.263. The molecule has 0 heterocycles. The lowest BCUT2D eigenvalue weighted by molar-refractivity contribution is -0.131. The molecule has 0 aromatic carbocycles. The van der Waals surface area contributed by atoms with E-state index < -0.39 is 0 Å². The van der Waals surface area contributed by atoms with Gasteiger partial charge in [-0.25, -0.2) is 0 Å². The molecular weight excluding hydrogens is 238 g/mol. The molecule has 0 radical (unpaired) electrons. The fourth-order valence-corrected chi connectivity index (χ4v) is 2.34. The third-order valence-electron chi connectivity index (χ3n) is 3.04. The number of carbonyl (C=O) groups is 1. The maximum atomic E-state index is 11.9. The first kappa shape index (κ1) is 14.3. The van der Waals surface area contributed by atoms with E-state index in [0.717, 1.165) is 24.1 Å². The number of methoxy groups -OCH3 is 1. The summed E-state index contributed by atoms with van der Waals surface area (Å²) in [6.07, 6.45) is 6.20. The minimum absolute atomic E-state index is 0.0136. The number of ether oxygens (including phenoxy) is 1. The molecule has 96 valence electrons. The summed E-state index contributed by atoms with van der Waals surface area (Å²) in [4.78, 5) is 13.5. The van der Waals surface area contributed by atoms with Gasteiger partial charge in [-0.2, -0.15) is 0 Å². The van der Waals surface area contributed by atoms with Gasteiger partial charge in [-0.1, -0.05) is 19.1 Å². The van der Waals surface area contributed by atoms with Crippen molar-refractivity contribution >= 4 is 17.5 Å². The van der Waals surface area contributed by atoms with Crippen molar-refractivity contribution in [3.8, 4) is 0 Å². The van der Waals surface area contributed by atoms with Crippen LogP contribution in [0.1, 0.15) is 26.7 Å². The molecule has 1 amide bonds. The number of carbonyl (C=O) groups excluding carboxylic acids is 1. The fourth-order valence-electron chi connectivity index (χ4n) is 2.20. The first-order valence-corrected chi connectivity index (χ1v) is 6.41. The maximum absolute atomic E-state index is 11.9. The van der Waals surface area contributed by atoms with E-state index in [4.69, 9.17) is 16.3 Å². The van der Waals surface area contributed by atoms with Gasteiger partial charge >= 0.3 is 0 Å². The zero-order chi connectivity index (χ0) is 12.8. The SMILES string of the molecule is CCC1CC=CC(C)=C1N(COC)C(=O)CCl. The molecule has 0 aliphatic heterocycles. The smallest absolute Gasteiger partial charge is 0.243 e. The zero-order valence-electron chi connectivity index (χ0n) is 10.7. The molecule has 0 spiro atoms. The van der Waals surface area contributed by atoms with Gasteiger partial charge in [0.1, 0.15) is 12.6 Å². The number of hydrogen-bond donors (Lipinski definition) is 0. The quantitative estimate of drug-likeness (QED) is 0.560. The minimum atomic E-state index is -0.100. The Bertz CT molecular complexity index is 336. The van der Waals surface area contributed by atoms with Crippen LogP contribution in [-0.4, -0.2) is 30.5 Å². The lowest BCUT2D eigenvalue weighted by Crippen LogP contribution is -2.37. The predicted molar refractivity (Wildman–Crippen MR) is 69.7 cm³/mol.